The molecule has 0 bridgehead atoms. The number of carbonyl (C=O) groups is 1. The number of alkyl halides is 3. The summed E-state index contributed by atoms with van der Waals surface area (Å²) < 4.78 is 60.5. The predicted octanol–water partition coefficient (Wildman–Crippen LogP) is 5.41. The van der Waals surface area contributed by atoms with Gasteiger partial charge in [0, 0.05) is 10.6 Å². The van der Waals surface area contributed by atoms with E-state index >= 15 is 0 Å². The zero-order valence-corrected chi connectivity index (χ0v) is 18.8. The zero-order valence-electron chi connectivity index (χ0n) is 18.1. The largest absolute Gasteiger partial charge is 0.439 e. The van der Waals surface area contributed by atoms with Crippen molar-refractivity contribution in [2.24, 2.45) is 5.90 Å². The normalized spacial score (nSPS) is 13.8. The van der Waals surface area contributed by atoms with Gasteiger partial charge in [-0.15, -0.1) is 0 Å². The number of hydrogen-bond donors (Lipinski definition) is 1. The summed E-state index contributed by atoms with van der Waals surface area (Å²) in [6.07, 6.45) is -2.19. The molecule has 0 saturated carbocycles. The summed E-state index contributed by atoms with van der Waals surface area (Å²) in [5.74, 6) is 3.54. The molecule has 0 atom stereocenters. The summed E-state index contributed by atoms with van der Waals surface area (Å²) in [5.41, 5.74) is 1.07. The van der Waals surface area contributed by atoms with Crippen LogP contribution in [0.1, 0.15) is 52.1 Å². The van der Waals surface area contributed by atoms with Crippen LogP contribution in [0, 0.1) is 5.82 Å². The van der Waals surface area contributed by atoms with Gasteiger partial charge in [0.05, 0.1) is 11.3 Å². The van der Waals surface area contributed by atoms with E-state index < -0.39 is 23.5 Å². The number of carbonyl (C=O) groups excluding carboxylic acids is 1. The van der Waals surface area contributed by atoms with Gasteiger partial charge in [0.15, 0.2) is 11.9 Å². The molecular formula is C24H19ClF4N3O3+. The molecule has 0 fully saturated rings. The quantitative estimate of drug-likeness (QED) is 0.355. The molecule has 2 heterocycles. The van der Waals surface area contributed by atoms with Crippen molar-refractivity contribution in [1.82, 2.24) is 4.98 Å². The number of rotatable bonds is 6. The van der Waals surface area contributed by atoms with E-state index in [0.717, 1.165) is 18.3 Å². The predicted molar refractivity (Wildman–Crippen MR) is 118 cm³/mol. The number of benzene rings is 1. The summed E-state index contributed by atoms with van der Waals surface area (Å²) >= 11 is 5.78. The molecule has 1 aromatic carbocycles. The van der Waals surface area contributed by atoms with E-state index in [-0.39, 0.29) is 34.3 Å². The Morgan fingerprint density at radius 1 is 1.14 bits per heavy atom. The van der Waals surface area contributed by atoms with Gasteiger partial charge in [-0.2, -0.15) is 24.1 Å². The molecule has 0 amide bonds. The van der Waals surface area contributed by atoms with Crippen molar-refractivity contribution in [3.63, 3.8) is 0 Å². The minimum Gasteiger partial charge on any atom is -0.439 e. The summed E-state index contributed by atoms with van der Waals surface area (Å²) in [5, 5.41) is 0.210. The van der Waals surface area contributed by atoms with Crippen LogP contribution < -0.4 is 15.6 Å². The maximum absolute atomic E-state index is 14.2. The second-order valence-corrected chi connectivity index (χ2v) is 8.21. The van der Waals surface area contributed by atoms with Gasteiger partial charge < -0.3 is 9.57 Å². The molecule has 11 heteroatoms. The number of nitrogens with one attached hydrogen (secondary N) is 1. The van der Waals surface area contributed by atoms with E-state index in [2.05, 4.69) is 14.8 Å². The van der Waals surface area contributed by atoms with E-state index in [1.165, 1.54) is 18.2 Å². The Morgan fingerprint density at radius 3 is 2.63 bits per heavy atom. The fourth-order valence-corrected chi connectivity index (χ4v) is 4.04. The Labute approximate surface area is 202 Å². The summed E-state index contributed by atoms with van der Waals surface area (Å²) in [7, 11) is 0. The van der Waals surface area contributed by atoms with Crippen LogP contribution in [0.5, 0.6) is 5.88 Å². The Balaban J connectivity index is 1.78. The third-order valence-electron chi connectivity index (χ3n) is 5.54. The third kappa shape index (κ3) is 5.44. The third-order valence-corrected chi connectivity index (χ3v) is 5.77. The molecule has 0 spiro atoms. The summed E-state index contributed by atoms with van der Waals surface area (Å²) in [6.45, 7) is -0.240. The summed E-state index contributed by atoms with van der Waals surface area (Å²) in [4.78, 5) is 22.8. The van der Waals surface area contributed by atoms with Crippen LogP contribution in [-0.2, 0) is 17.6 Å². The second-order valence-electron chi connectivity index (χ2n) is 7.78. The van der Waals surface area contributed by atoms with Gasteiger partial charge >= 0.3 is 18.0 Å². The fraction of sp³-hybridized carbons (Fsp3) is 0.208. The van der Waals surface area contributed by atoms with Gasteiger partial charge in [-0.25, -0.2) is 14.2 Å². The number of pyridine rings is 2. The number of ether oxygens (including phenoxy) is 1. The molecule has 1 aliphatic carbocycles. The van der Waals surface area contributed by atoms with Crippen LogP contribution in [0.4, 0.5) is 17.6 Å². The number of H-pyrrole nitrogens is 1. The van der Waals surface area contributed by atoms with Crippen LogP contribution >= 0.6 is 11.6 Å². The number of nitrogens with two attached hydrogens (primary N) is 1. The van der Waals surface area contributed by atoms with Crippen LogP contribution in [-0.4, -0.2) is 11.0 Å². The molecule has 3 aromatic rings. The lowest BCUT2D eigenvalue weighted by molar-refractivity contribution is -0.398. The van der Waals surface area contributed by atoms with Gasteiger partial charge in [-0.3, -0.25) is 0 Å². The average molecular weight is 509 g/mol. The van der Waals surface area contributed by atoms with Gasteiger partial charge in [-0.05, 0) is 60.7 Å². The minimum absolute atomic E-state index is 0.0333. The van der Waals surface area contributed by atoms with Gasteiger partial charge in [0.2, 0.25) is 0 Å². The van der Waals surface area contributed by atoms with Crippen molar-refractivity contribution in [2.75, 3.05) is 0 Å². The van der Waals surface area contributed by atoms with Crippen molar-refractivity contribution in [3.05, 3.63) is 87.6 Å². The molecule has 1 aliphatic rings. The van der Waals surface area contributed by atoms with Gasteiger partial charge in [-0.1, -0.05) is 23.7 Å². The van der Waals surface area contributed by atoms with Crippen LogP contribution in [0.3, 0.4) is 0 Å². The number of aromatic nitrogens is 2. The maximum Gasteiger partial charge on any atom is 0.422 e. The van der Waals surface area contributed by atoms with Crippen molar-refractivity contribution in [1.29, 1.82) is 0 Å². The molecule has 35 heavy (non-hydrogen) atoms. The molecule has 2 aromatic heterocycles. The minimum atomic E-state index is -4.60. The molecule has 0 radical (unpaired) electrons. The molecule has 0 unspecified atom stereocenters. The van der Waals surface area contributed by atoms with Crippen molar-refractivity contribution in [3.8, 4) is 5.88 Å². The molecule has 0 saturated heterocycles. The van der Waals surface area contributed by atoms with E-state index in [1.54, 1.807) is 12.1 Å². The first-order valence-corrected chi connectivity index (χ1v) is 10.9. The van der Waals surface area contributed by atoms with E-state index in [9.17, 15) is 22.4 Å². The van der Waals surface area contributed by atoms with E-state index in [1.807, 2.05) is 0 Å². The summed E-state index contributed by atoms with van der Waals surface area (Å²) in [6, 6.07) is 9.69. The van der Waals surface area contributed by atoms with Crippen molar-refractivity contribution >= 4 is 28.7 Å². The number of halogens is 5. The lowest BCUT2D eigenvalue weighted by Crippen LogP contribution is -2.18. The number of hydrogen-bond acceptors (Lipinski definition) is 5. The van der Waals surface area contributed by atoms with Crippen LogP contribution in [0.2, 0.25) is 5.02 Å². The highest BCUT2D eigenvalue weighted by Crippen LogP contribution is 2.43. The van der Waals surface area contributed by atoms with Gasteiger partial charge in [0.1, 0.15) is 18.0 Å². The highest BCUT2D eigenvalue weighted by Gasteiger charge is 2.36. The monoisotopic (exact) mass is 508 g/mol. The Hall–Kier alpha value is -3.50. The number of allylic oxidation sites excluding steroid dienone is 2. The first-order valence-electron chi connectivity index (χ1n) is 10.5. The lowest BCUT2D eigenvalue weighted by Gasteiger charge is -2.13. The zero-order chi connectivity index (χ0) is 25.2. The fourth-order valence-electron chi connectivity index (χ4n) is 3.88. The molecule has 4 rings (SSSR count). The maximum atomic E-state index is 14.2. The molecule has 6 nitrogen and oxygen atoms in total. The molecule has 0 aliphatic heterocycles. The van der Waals surface area contributed by atoms with Gasteiger partial charge in [0.25, 0.3) is 0 Å². The lowest BCUT2D eigenvalue weighted by atomic mass is 9.99. The topological polar surface area (TPSA) is 88.6 Å². The first-order chi connectivity index (χ1) is 16.7. The molecule has 182 valence electrons. The SMILES string of the molecule is NOC(=O)c1cccc(C2=C(c3cc(C(F)(F)F)c[nH+]c3OCc3ccc(Cl)cc3F)CCC2)n1. The van der Waals surface area contributed by atoms with E-state index in [4.69, 9.17) is 22.2 Å². The Bertz CT molecular complexity index is 1310. The number of nitrogens with zero attached hydrogens (tertiary/aromatic N) is 1. The Kier molecular flexibility index (Phi) is 7.04. The first kappa shape index (κ1) is 24.6. The molecular weight excluding hydrogens is 490 g/mol. The molecule has 3 N–H and O–H groups in total. The second kappa shape index (κ2) is 10.0. The smallest absolute Gasteiger partial charge is 0.422 e. The van der Waals surface area contributed by atoms with Crippen molar-refractivity contribution in [2.45, 2.75) is 32.0 Å². The highest BCUT2D eigenvalue weighted by molar-refractivity contribution is 6.30. The van der Waals surface area contributed by atoms with Crippen LogP contribution in [0.15, 0.2) is 48.7 Å². The van der Waals surface area contributed by atoms with Crippen molar-refractivity contribution < 1.29 is 36.9 Å². The highest BCUT2D eigenvalue weighted by atomic mass is 35.5. The van der Waals surface area contributed by atoms with Crippen LogP contribution in [0.25, 0.3) is 11.1 Å². The number of aromatic amines is 1. The standard InChI is InChI=1S/C24H18ClF4N3O3/c25-15-8-7-13(19(26)10-15)12-34-22-18(9-14(11-31-22)24(27,28)29)16-3-1-4-17(16)20-5-2-6-21(32-20)23(33)35-30/h2,5-11H,1,3-4,12,30H2/p+1. The van der Waals surface area contributed by atoms with E-state index in [0.29, 0.717) is 36.1 Å². The average Bonchev–Trinajstić information content (AvgIpc) is 3.32. The Morgan fingerprint density at radius 2 is 1.91 bits per heavy atom.